The zero-order valence-corrected chi connectivity index (χ0v) is 19.0. The molecule has 2 heterocycles. The number of benzene rings is 1. The molecule has 2 saturated carbocycles. The molecule has 1 N–H and O–H groups in total. The van der Waals surface area contributed by atoms with E-state index in [9.17, 15) is 18.0 Å². The zero-order valence-electron chi connectivity index (χ0n) is 19.0. The summed E-state index contributed by atoms with van der Waals surface area (Å²) in [6.45, 7) is 4.93. The number of halogens is 3. The Morgan fingerprint density at radius 2 is 1.88 bits per heavy atom. The molecule has 2 atom stereocenters. The first kappa shape index (κ1) is 22.7. The van der Waals surface area contributed by atoms with Crippen molar-refractivity contribution in [2.24, 2.45) is 17.8 Å². The highest BCUT2D eigenvalue weighted by Crippen LogP contribution is 2.41. The van der Waals surface area contributed by atoms with Gasteiger partial charge in [0.25, 0.3) is 0 Å². The predicted molar refractivity (Wildman–Crippen MR) is 119 cm³/mol. The van der Waals surface area contributed by atoms with E-state index in [0.29, 0.717) is 28.6 Å². The first-order valence-electron chi connectivity index (χ1n) is 12.3. The normalized spacial score (nSPS) is 29.3. The van der Waals surface area contributed by atoms with Crippen molar-refractivity contribution in [3.05, 3.63) is 29.5 Å². The van der Waals surface area contributed by atoms with E-state index in [0.717, 1.165) is 69.8 Å². The largest absolute Gasteiger partial charge is 0.416 e. The summed E-state index contributed by atoms with van der Waals surface area (Å²) in [4.78, 5) is 15.0. The Morgan fingerprint density at radius 1 is 1.15 bits per heavy atom. The Labute approximate surface area is 192 Å². The van der Waals surface area contributed by atoms with Crippen LogP contribution in [-0.2, 0) is 11.0 Å². The molecule has 2 aromatic rings. The molecule has 2 aliphatic carbocycles. The molecule has 1 aromatic heterocycles. The standard InChI is InChI=1S/C25H32F3N3O2/c1-15-2-5-19(6-3-15)29-24(32)20-12-17(20)14-31-10-8-16(9-11-31)23-21-13-18(25(26,27)28)4-7-22(21)33-30-23/h4,7,13,15-17,19-20H,2-3,5-6,8-12,14H2,1H3,(H,29,32)/t15?,17-,19?,20+/m1/s1. The van der Waals surface area contributed by atoms with Gasteiger partial charge in [0.05, 0.1) is 11.3 Å². The Morgan fingerprint density at radius 3 is 2.58 bits per heavy atom. The summed E-state index contributed by atoms with van der Waals surface area (Å²) in [5, 5.41) is 7.86. The second-order valence-electron chi connectivity index (χ2n) is 10.4. The second-order valence-corrected chi connectivity index (χ2v) is 10.4. The van der Waals surface area contributed by atoms with Gasteiger partial charge in [0.15, 0.2) is 5.58 Å². The van der Waals surface area contributed by atoms with Crippen molar-refractivity contribution in [1.29, 1.82) is 0 Å². The number of aromatic nitrogens is 1. The number of hydrogen-bond acceptors (Lipinski definition) is 4. The van der Waals surface area contributed by atoms with Crippen molar-refractivity contribution in [3.8, 4) is 0 Å². The summed E-state index contributed by atoms with van der Waals surface area (Å²) >= 11 is 0. The minimum Gasteiger partial charge on any atom is -0.356 e. The number of likely N-dealkylation sites (tertiary alicyclic amines) is 1. The van der Waals surface area contributed by atoms with Gasteiger partial charge < -0.3 is 14.7 Å². The molecular formula is C25H32F3N3O2. The number of piperidine rings is 1. The maximum absolute atomic E-state index is 13.1. The van der Waals surface area contributed by atoms with Gasteiger partial charge in [-0.05, 0) is 88.1 Å². The van der Waals surface area contributed by atoms with Crippen molar-refractivity contribution in [3.63, 3.8) is 0 Å². The number of fused-ring (bicyclic) bond motifs is 1. The molecule has 0 unspecified atom stereocenters. The highest BCUT2D eigenvalue weighted by Gasteiger charge is 2.44. The minimum absolute atomic E-state index is 0.0953. The monoisotopic (exact) mass is 463 g/mol. The molecule has 1 aliphatic heterocycles. The summed E-state index contributed by atoms with van der Waals surface area (Å²) < 4.78 is 44.7. The summed E-state index contributed by atoms with van der Waals surface area (Å²) in [5.41, 5.74) is 0.374. The number of alkyl halides is 3. The van der Waals surface area contributed by atoms with Crippen molar-refractivity contribution >= 4 is 16.9 Å². The van der Waals surface area contributed by atoms with Crippen LogP contribution in [-0.4, -0.2) is 41.6 Å². The second kappa shape index (κ2) is 8.93. The molecule has 3 fully saturated rings. The zero-order chi connectivity index (χ0) is 23.2. The smallest absolute Gasteiger partial charge is 0.356 e. The van der Waals surface area contributed by atoms with E-state index in [-0.39, 0.29) is 17.7 Å². The quantitative estimate of drug-likeness (QED) is 0.649. The van der Waals surface area contributed by atoms with Crippen LogP contribution in [0.5, 0.6) is 0 Å². The van der Waals surface area contributed by atoms with Gasteiger partial charge in [-0.1, -0.05) is 12.1 Å². The van der Waals surface area contributed by atoms with Gasteiger partial charge in [-0.15, -0.1) is 0 Å². The molecular weight excluding hydrogens is 431 g/mol. The van der Waals surface area contributed by atoms with Crippen LogP contribution in [0.4, 0.5) is 13.2 Å². The molecule has 5 rings (SSSR count). The minimum atomic E-state index is -4.38. The molecule has 1 amide bonds. The molecule has 0 bridgehead atoms. The fourth-order valence-corrected chi connectivity index (χ4v) is 5.63. The highest BCUT2D eigenvalue weighted by atomic mass is 19.4. The van der Waals surface area contributed by atoms with Crippen molar-refractivity contribution < 1.29 is 22.5 Å². The Hall–Kier alpha value is -2.09. The van der Waals surface area contributed by atoms with Gasteiger partial charge in [-0.2, -0.15) is 13.2 Å². The van der Waals surface area contributed by atoms with Gasteiger partial charge in [-0.3, -0.25) is 4.79 Å². The number of carbonyl (C=O) groups is 1. The fourth-order valence-electron chi connectivity index (χ4n) is 5.63. The molecule has 3 aliphatic rings. The van der Waals surface area contributed by atoms with Crippen molar-refractivity contribution in [2.45, 2.75) is 70.0 Å². The maximum Gasteiger partial charge on any atom is 0.416 e. The van der Waals surface area contributed by atoms with Crippen LogP contribution in [0.15, 0.2) is 22.7 Å². The lowest BCUT2D eigenvalue weighted by Gasteiger charge is -2.31. The number of amides is 1. The van der Waals surface area contributed by atoms with E-state index in [1.807, 2.05) is 0 Å². The summed E-state index contributed by atoms with van der Waals surface area (Å²) in [7, 11) is 0. The molecule has 1 aromatic carbocycles. The molecule has 0 spiro atoms. The molecule has 33 heavy (non-hydrogen) atoms. The van der Waals surface area contributed by atoms with E-state index >= 15 is 0 Å². The van der Waals surface area contributed by atoms with Crippen LogP contribution in [0.25, 0.3) is 11.0 Å². The molecule has 0 radical (unpaired) electrons. The summed E-state index contributed by atoms with van der Waals surface area (Å²) in [6.07, 6.45) is 2.84. The van der Waals surface area contributed by atoms with Gasteiger partial charge >= 0.3 is 6.18 Å². The van der Waals surface area contributed by atoms with Gasteiger partial charge in [-0.25, -0.2) is 0 Å². The van der Waals surface area contributed by atoms with E-state index in [1.165, 1.54) is 18.9 Å². The van der Waals surface area contributed by atoms with Gasteiger partial charge in [0.1, 0.15) is 0 Å². The summed E-state index contributed by atoms with van der Waals surface area (Å²) in [5.74, 6) is 1.66. The highest BCUT2D eigenvalue weighted by molar-refractivity contribution is 5.82. The number of nitrogens with zero attached hydrogens (tertiary/aromatic N) is 2. The van der Waals surface area contributed by atoms with Crippen LogP contribution in [0, 0.1) is 17.8 Å². The predicted octanol–water partition coefficient (Wildman–Crippen LogP) is 5.36. The third-order valence-corrected chi connectivity index (χ3v) is 7.91. The van der Waals surface area contributed by atoms with Gasteiger partial charge in [0.2, 0.25) is 5.91 Å². The number of hydrogen-bond donors (Lipinski definition) is 1. The Balaban J connectivity index is 1.11. The van der Waals surface area contributed by atoms with E-state index in [1.54, 1.807) is 0 Å². The molecule has 5 nitrogen and oxygen atoms in total. The lowest BCUT2D eigenvalue weighted by atomic mass is 9.87. The average Bonchev–Trinajstić information content (AvgIpc) is 3.43. The van der Waals surface area contributed by atoms with Crippen LogP contribution < -0.4 is 5.32 Å². The third kappa shape index (κ3) is 5.05. The van der Waals surface area contributed by atoms with E-state index < -0.39 is 11.7 Å². The topological polar surface area (TPSA) is 58.4 Å². The Kier molecular flexibility index (Phi) is 6.14. The number of carbonyl (C=O) groups excluding carboxylic acids is 1. The third-order valence-electron chi connectivity index (χ3n) is 7.91. The lowest BCUT2D eigenvalue weighted by molar-refractivity contribution is -0.137. The number of rotatable bonds is 5. The Bertz CT molecular complexity index is 988. The van der Waals surface area contributed by atoms with Crippen molar-refractivity contribution in [1.82, 2.24) is 15.4 Å². The fraction of sp³-hybridized carbons (Fsp3) is 0.680. The SMILES string of the molecule is CC1CCC(NC(=O)[C@H]2C[C@@H]2CN2CCC(c3noc4ccc(C(F)(F)F)cc34)CC2)CC1. The maximum atomic E-state index is 13.1. The summed E-state index contributed by atoms with van der Waals surface area (Å²) in [6, 6.07) is 3.90. The molecule has 180 valence electrons. The number of nitrogens with one attached hydrogen (secondary N) is 1. The van der Waals surface area contributed by atoms with E-state index in [2.05, 4.69) is 22.3 Å². The lowest BCUT2D eigenvalue weighted by Crippen LogP contribution is -2.39. The van der Waals surface area contributed by atoms with Crippen LogP contribution in [0.2, 0.25) is 0 Å². The first-order valence-corrected chi connectivity index (χ1v) is 12.3. The van der Waals surface area contributed by atoms with Crippen LogP contribution in [0.1, 0.15) is 69.0 Å². The van der Waals surface area contributed by atoms with Crippen LogP contribution >= 0.6 is 0 Å². The van der Waals surface area contributed by atoms with Gasteiger partial charge in [0, 0.05) is 29.8 Å². The first-order chi connectivity index (χ1) is 15.8. The molecule has 8 heteroatoms. The van der Waals surface area contributed by atoms with E-state index in [4.69, 9.17) is 4.52 Å². The molecule has 1 saturated heterocycles. The average molecular weight is 464 g/mol. The van der Waals surface area contributed by atoms with Crippen molar-refractivity contribution in [2.75, 3.05) is 19.6 Å². The van der Waals surface area contributed by atoms with Crippen LogP contribution in [0.3, 0.4) is 0 Å².